The Morgan fingerprint density at radius 1 is 1.13 bits per heavy atom. The molecular formula is C26H40N2O3. The molecule has 0 unspecified atom stereocenters. The maximum absolute atomic E-state index is 12.6. The van der Waals surface area contributed by atoms with Gasteiger partial charge < -0.3 is 15.4 Å². The molecule has 0 heterocycles. The van der Waals surface area contributed by atoms with Gasteiger partial charge in [-0.05, 0) is 54.7 Å². The van der Waals surface area contributed by atoms with E-state index in [4.69, 9.17) is 4.74 Å². The molecule has 0 bridgehead atoms. The molecular weight excluding hydrogens is 388 g/mol. The number of nitrogens with one attached hydrogen (secondary N) is 2. The molecule has 5 heteroatoms. The van der Waals surface area contributed by atoms with E-state index in [2.05, 4.69) is 37.5 Å². The number of benzene rings is 1. The lowest BCUT2D eigenvalue weighted by Crippen LogP contribution is -2.41. The number of amides is 2. The summed E-state index contributed by atoms with van der Waals surface area (Å²) in [5.74, 6) is 2.47. The third-order valence-electron chi connectivity index (χ3n) is 6.34. The summed E-state index contributed by atoms with van der Waals surface area (Å²) in [5, 5.41) is 6.18. The van der Waals surface area contributed by atoms with Gasteiger partial charge in [0.1, 0.15) is 5.75 Å². The number of rotatable bonds is 8. The predicted molar refractivity (Wildman–Crippen MR) is 126 cm³/mol. The smallest absolute Gasteiger partial charge is 0.225 e. The van der Waals surface area contributed by atoms with Crippen LogP contribution in [-0.4, -0.2) is 25.5 Å². The first-order chi connectivity index (χ1) is 14.5. The molecule has 0 aliphatic heterocycles. The minimum absolute atomic E-state index is 0.0792. The Labute approximate surface area is 188 Å². The minimum atomic E-state index is -0.384. The van der Waals surface area contributed by atoms with Crippen molar-refractivity contribution in [1.82, 2.24) is 10.6 Å². The van der Waals surface area contributed by atoms with Crippen LogP contribution in [0.2, 0.25) is 0 Å². The van der Waals surface area contributed by atoms with Crippen LogP contribution in [0.3, 0.4) is 0 Å². The number of carbonyl (C=O) groups excluding carboxylic acids is 2. The van der Waals surface area contributed by atoms with Crippen LogP contribution in [0.4, 0.5) is 0 Å². The summed E-state index contributed by atoms with van der Waals surface area (Å²) in [4.78, 5) is 24.9. The van der Waals surface area contributed by atoms with E-state index in [-0.39, 0.29) is 23.1 Å². The van der Waals surface area contributed by atoms with Crippen LogP contribution in [-0.2, 0) is 16.1 Å². The lowest BCUT2D eigenvalue weighted by molar-refractivity contribution is -0.128. The topological polar surface area (TPSA) is 67.4 Å². The predicted octanol–water partition coefficient (Wildman–Crippen LogP) is 4.72. The number of ether oxygens (including phenoxy) is 1. The molecule has 0 saturated heterocycles. The number of methoxy groups -OCH3 is 1. The van der Waals surface area contributed by atoms with Crippen LogP contribution in [0, 0.1) is 29.1 Å². The van der Waals surface area contributed by atoms with E-state index in [0.717, 1.165) is 17.7 Å². The summed E-state index contributed by atoms with van der Waals surface area (Å²) in [6.45, 7) is 13.6. The molecule has 1 aromatic carbocycles. The summed E-state index contributed by atoms with van der Waals surface area (Å²) in [6, 6.07) is 7.74. The van der Waals surface area contributed by atoms with E-state index in [9.17, 15) is 9.59 Å². The van der Waals surface area contributed by atoms with Gasteiger partial charge in [-0.15, -0.1) is 0 Å². The standard InChI is InChI=1S/C26H40N2O3/c1-17(2)23-13-20(18(3)12-21(23)16-28-25(30)26(4,5)6)14-24(29)27-15-19-8-10-22(31-7)11-9-19/h8-12,17,20-21,23H,13-16H2,1-7H3,(H,27,29)(H,28,30)/t20-,21-,23-/m0/s1. The minimum Gasteiger partial charge on any atom is -0.497 e. The zero-order chi connectivity index (χ0) is 23.2. The van der Waals surface area contributed by atoms with E-state index < -0.39 is 0 Å². The highest BCUT2D eigenvalue weighted by molar-refractivity contribution is 5.81. The summed E-state index contributed by atoms with van der Waals surface area (Å²) in [6.07, 6.45) is 3.77. The van der Waals surface area contributed by atoms with Crippen molar-refractivity contribution in [3.05, 3.63) is 41.5 Å². The second-order valence-electron chi connectivity index (χ2n) is 10.2. The highest BCUT2D eigenvalue weighted by Gasteiger charge is 2.33. The van der Waals surface area contributed by atoms with Crippen LogP contribution in [0.1, 0.15) is 59.9 Å². The Kier molecular flexibility index (Phi) is 8.72. The van der Waals surface area contributed by atoms with Crippen molar-refractivity contribution in [3.8, 4) is 5.75 Å². The van der Waals surface area contributed by atoms with Gasteiger partial charge in [0.15, 0.2) is 0 Å². The van der Waals surface area contributed by atoms with Crippen LogP contribution >= 0.6 is 0 Å². The number of hydrogen-bond donors (Lipinski definition) is 2. The first kappa shape index (κ1) is 25.0. The molecule has 1 aliphatic rings. The molecule has 0 fully saturated rings. The average Bonchev–Trinajstić information content (AvgIpc) is 2.71. The quantitative estimate of drug-likeness (QED) is 0.589. The number of carbonyl (C=O) groups is 2. The van der Waals surface area contributed by atoms with E-state index in [1.54, 1.807) is 7.11 Å². The van der Waals surface area contributed by atoms with Gasteiger partial charge in [-0.25, -0.2) is 0 Å². The molecule has 2 N–H and O–H groups in total. The summed E-state index contributed by atoms with van der Waals surface area (Å²) >= 11 is 0. The van der Waals surface area contributed by atoms with E-state index in [0.29, 0.717) is 37.3 Å². The second-order valence-corrected chi connectivity index (χ2v) is 10.2. The van der Waals surface area contributed by atoms with Crippen molar-refractivity contribution in [2.75, 3.05) is 13.7 Å². The number of hydrogen-bond acceptors (Lipinski definition) is 3. The Morgan fingerprint density at radius 3 is 2.32 bits per heavy atom. The summed E-state index contributed by atoms with van der Waals surface area (Å²) in [5.41, 5.74) is 1.93. The molecule has 2 amide bonds. The van der Waals surface area contributed by atoms with Crippen LogP contribution in [0.5, 0.6) is 5.75 Å². The first-order valence-corrected chi connectivity index (χ1v) is 11.4. The van der Waals surface area contributed by atoms with Crippen molar-refractivity contribution in [3.63, 3.8) is 0 Å². The molecule has 3 atom stereocenters. The van der Waals surface area contributed by atoms with Gasteiger partial charge in [-0.2, -0.15) is 0 Å². The van der Waals surface area contributed by atoms with Gasteiger partial charge >= 0.3 is 0 Å². The molecule has 5 nitrogen and oxygen atoms in total. The second kappa shape index (κ2) is 10.8. The Balaban J connectivity index is 1.95. The van der Waals surface area contributed by atoms with E-state index >= 15 is 0 Å². The van der Waals surface area contributed by atoms with Crippen molar-refractivity contribution < 1.29 is 14.3 Å². The first-order valence-electron chi connectivity index (χ1n) is 11.4. The highest BCUT2D eigenvalue weighted by Crippen LogP contribution is 2.38. The van der Waals surface area contributed by atoms with Gasteiger partial charge in [0.05, 0.1) is 7.11 Å². The van der Waals surface area contributed by atoms with Gasteiger partial charge in [0.2, 0.25) is 11.8 Å². The van der Waals surface area contributed by atoms with Crippen molar-refractivity contribution in [2.24, 2.45) is 29.1 Å². The fourth-order valence-corrected chi connectivity index (χ4v) is 4.22. The Morgan fingerprint density at radius 2 is 1.77 bits per heavy atom. The van der Waals surface area contributed by atoms with Crippen molar-refractivity contribution >= 4 is 11.8 Å². The Bertz CT molecular complexity index is 775. The molecule has 0 radical (unpaired) electrons. The molecule has 0 aromatic heterocycles. The van der Waals surface area contributed by atoms with E-state index in [1.807, 2.05) is 45.0 Å². The lowest BCUT2D eigenvalue weighted by Gasteiger charge is -2.37. The summed E-state index contributed by atoms with van der Waals surface area (Å²) < 4.78 is 5.18. The molecule has 0 spiro atoms. The molecule has 1 aliphatic carbocycles. The molecule has 1 aromatic rings. The zero-order valence-electron chi connectivity index (χ0n) is 20.2. The third kappa shape index (κ3) is 7.41. The third-order valence-corrected chi connectivity index (χ3v) is 6.34. The Hall–Kier alpha value is -2.30. The van der Waals surface area contributed by atoms with Gasteiger partial charge in [0.25, 0.3) is 0 Å². The van der Waals surface area contributed by atoms with Crippen LogP contribution in [0.25, 0.3) is 0 Å². The fraction of sp³-hybridized carbons (Fsp3) is 0.615. The number of allylic oxidation sites excluding steroid dienone is 1. The lowest BCUT2D eigenvalue weighted by atomic mass is 9.69. The average molecular weight is 429 g/mol. The fourth-order valence-electron chi connectivity index (χ4n) is 4.22. The van der Waals surface area contributed by atoms with E-state index in [1.165, 1.54) is 5.57 Å². The van der Waals surface area contributed by atoms with Crippen molar-refractivity contribution in [2.45, 2.75) is 60.9 Å². The normalized spacial score (nSPS) is 21.4. The molecule has 0 saturated carbocycles. The molecule has 31 heavy (non-hydrogen) atoms. The largest absolute Gasteiger partial charge is 0.497 e. The van der Waals surface area contributed by atoms with Gasteiger partial charge in [0, 0.05) is 24.9 Å². The summed E-state index contributed by atoms with van der Waals surface area (Å²) in [7, 11) is 1.64. The van der Waals surface area contributed by atoms with Crippen LogP contribution < -0.4 is 15.4 Å². The highest BCUT2D eigenvalue weighted by atomic mass is 16.5. The van der Waals surface area contributed by atoms with Gasteiger partial charge in [-0.3, -0.25) is 9.59 Å². The molecule has 172 valence electrons. The zero-order valence-corrected chi connectivity index (χ0v) is 20.2. The van der Waals surface area contributed by atoms with Crippen LogP contribution in [0.15, 0.2) is 35.9 Å². The molecule has 2 rings (SSSR count). The maximum atomic E-state index is 12.6. The maximum Gasteiger partial charge on any atom is 0.225 e. The monoisotopic (exact) mass is 428 g/mol. The van der Waals surface area contributed by atoms with Gasteiger partial charge in [-0.1, -0.05) is 58.4 Å². The van der Waals surface area contributed by atoms with Crippen molar-refractivity contribution in [1.29, 1.82) is 0 Å². The SMILES string of the molecule is COc1ccc(CNC(=O)C[C@@H]2C[C@@H](C(C)C)[C@H](CNC(=O)C(C)(C)C)C=C2C)cc1.